The van der Waals surface area contributed by atoms with Gasteiger partial charge < -0.3 is 14.8 Å². The van der Waals surface area contributed by atoms with Crippen LogP contribution in [0.15, 0.2) is 60.7 Å². The Kier molecular flexibility index (Phi) is 8.47. The van der Waals surface area contributed by atoms with Crippen LogP contribution in [0.25, 0.3) is 0 Å². The number of carbonyl (C=O) groups excluding carboxylic acids is 1. The monoisotopic (exact) mass is 477 g/mol. The molecule has 3 rings (SSSR count). The zero-order valence-corrected chi connectivity index (χ0v) is 19.2. The second-order valence-corrected chi connectivity index (χ2v) is 8.19. The molecule has 0 saturated heterocycles. The number of hydrogen-bond acceptors (Lipinski definition) is 3. The maximum absolute atomic E-state index is 12.5. The number of amides is 1. The lowest BCUT2D eigenvalue weighted by Crippen LogP contribution is -2.12. The minimum atomic E-state index is -0.328. The van der Waals surface area contributed by atoms with Crippen molar-refractivity contribution in [1.82, 2.24) is 0 Å². The van der Waals surface area contributed by atoms with E-state index in [2.05, 4.69) is 5.32 Å². The number of ether oxygens (including phenoxy) is 2. The topological polar surface area (TPSA) is 47.6 Å². The predicted octanol–water partition coefficient (Wildman–Crippen LogP) is 7.45. The molecule has 0 radical (unpaired) electrons. The first-order valence-corrected chi connectivity index (χ1v) is 10.9. The molecule has 162 valence electrons. The summed E-state index contributed by atoms with van der Waals surface area (Å²) in [5, 5.41) is 3.66. The van der Waals surface area contributed by atoms with Crippen LogP contribution >= 0.6 is 34.8 Å². The van der Waals surface area contributed by atoms with Crippen LogP contribution in [0.5, 0.6) is 11.5 Å². The molecule has 0 aliphatic rings. The number of benzene rings is 3. The molecule has 1 amide bonds. The molecule has 7 heteroatoms. The molecule has 0 heterocycles. The molecule has 0 unspecified atom stereocenters. The van der Waals surface area contributed by atoms with Crippen molar-refractivity contribution in [3.05, 3.63) is 86.9 Å². The number of carbonyl (C=O) groups is 1. The van der Waals surface area contributed by atoms with Gasteiger partial charge in [-0.15, -0.1) is 0 Å². The summed E-state index contributed by atoms with van der Waals surface area (Å²) in [6.07, 6.45) is 1.75. The van der Waals surface area contributed by atoms with Crippen LogP contribution in [0.1, 0.15) is 28.8 Å². The molecule has 0 aliphatic carbocycles. The van der Waals surface area contributed by atoms with Crippen molar-refractivity contribution >= 4 is 46.4 Å². The van der Waals surface area contributed by atoms with Gasteiger partial charge in [-0.1, -0.05) is 52.5 Å². The van der Waals surface area contributed by atoms with E-state index in [1.165, 1.54) is 17.7 Å². The van der Waals surface area contributed by atoms with E-state index in [0.717, 1.165) is 18.6 Å². The molecule has 0 saturated carbocycles. The van der Waals surface area contributed by atoms with Crippen LogP contribution in [0.2, 0.25) is 15.1 Å². The van der Waals surface area contributed by atoms with Crippen LogP contribution < -0.4 is 14.8 Å². The Morgan fingerprint density at radius 1 is 0.806 bits per heavy atom. The summed E-state index contributed by atoms with van der Waals surface area (Å²) in [5.74, 6) is 1.24. The van der Waals surface area contributed by atoms with Crippen LogP contribution in [0.3, 0.4) is 0 Å². The molecule has 0 fully saturated rings. The minimum absolute atomic E-state index is 0.275. The van der Waals surface area contributed by atoms with E-state index in [0.29, 0.717) is 35.2 Å². The summed E-state index contributed by atoms with van der Waals surface area (Å²) in [6.45, 7) is 3.26. The van der Waals surface area contributed by atoms with E-state index in [4.69, 9.17) is 44.3 Å². The Morgan fingerprint density at radius 3 is 1.81 bits per heavy atom. The van der Waals surface area contributed by atoms with Crippen molar-refractivity contribution in [1.29, 1.82) is 0 Å². The highest BCUT2D eigenvalue weighted by atomic mass is 35.5. The first-order valence-electron chi connectivity index (χ1n) is 9.80. The third-order valence-electron chi connectivity index (χ3n) is 4.46. The molecule has 0 bridgehead atoms. The van der Waals surface area contributed by atoms with Gasteiger partial charge in [-0.2, -0.15) is 0 Å². The van der Waals surface area contributed by atoms with Crippen molar-refractivity contribution in [2.75, 3.05) is 18.5 Å². The first kappa shape index (κ1) is 23.3. The third kappa shape index (κ3) is 7.06. The van der Waals surface area contributed by atoms with Crippen molar-refractivity contribution in [3.8, 4) is 11.5 Å². The highest BCUT2D eigenvalue weighted by Crippen LogP contribution is 2.34. The van der Waals surface area contributed by atoms with Crippen LogP contribution in [-0.2, 0) is 0 Å². The van der Waals surface area contributed by atoms with Gasteiger partial charge in [0.15, 0.2) is 0 Å². The van der Waals surface area contributed by atoms with E-state index >= 15 is 0 Å². The quantitative estimate of drug-likeness (QED) is 0.325. The summed E-state index contributed by atoms with van der Waals surface area (Å²) in [5.41, 5.74) is 1.99. The predicted molar refractivity (Wildman–Crippen MR) is 127 cm³/mol. The van der Waals surface area contributed by atoms with Crippen molar-refractivity contribution < 1.29 is 14.3 Å². The molecular formula is C24H22Cl3NO3. The van der Waals surface area contributed by atoms with Gasteiger partial charge in [0.2, 0.25) is 0 Å². The van der Waals surface area contributed by atoms with E-state index in [9.17, 15) is 4.79 Å². The van der Waals surface area contributed by atoms with Gasteiger partial charge in [0.1, 0.15) is 11.5 Å². The van der Waals surface area contributed by atoms with Gasteiger partial charge in [-0.25, -0.2) is 0 Å². The Labute approximate surface area is 197 Å². The first-order chi connectivity index (χ1) is 14.9. The molecule has 1 N–H and O–H groups in total. The molecule has 0 spiro atoms. The normalized spacial score (nSPS) is 10.6. The van der Waals surface area contributed by atoms with E-state index < -0.39 is 0 Å². The van der Waals surface area contributed by atoms with Gasteiger partial charge >= 0.3 is 0 Å². The summed E-state index contributed by atoms with van der Waals surface area (Å²) < 4.78 is 11.4. The summed E-state index contributed by atoms with van der Waals surface area (Å²) in [7, 11) is 0. The number of rotatable bonds is 9. The van der Waals surface area contributed by atoms with Crippen LogP contribution in [0.4, 0.5) is 5.69 Å². The molecule has 3 aromatic carbocycles. The molecule has 0 atom stereocenters. The number of anilines is 1. The summed E-state index contributed by atoms with van der Waals surface area (Å²) >= 11 is 18.1. The van der Waals surface area contributed by atoms with Crippen molar-refractivity contribution in [3.63, 3.8) is 0 Å². The molecule has 3 aromatic rings. The average Bonchev–Trinajstić information content (AvgIpc) is 2.74. The zero-order valence-electron chi connectivity index (χ0n) is 17.0. The fourth-order valence-electron chi connectivity index (χ4n) is 2.77. The molecule has 4 nitrogen and oxygen atoms in total. The second-order valence-electron chi connectivity index (χ2n) is 6.94. The maximum Gasteiger partial charge on any atom is 0.255 e. The summed E-state index contributed by atoms with van der Waals surface area (Å²) in [4.78, 5) is 12.5. The molecular weight excluding hydrogens is 457 g/mol. The average molecular weight is 479 g/mol. The van der Waals surface area contributed by atoms with Gasteiger partial charge in [-0.05, 0) is 68.3 Å². The second kappa shape index (κ2) is 11.3. The number of aryl methyl sites for hydroxylation is 1. The highest BCUT2D eigenvalue weighted by Gasteiger charge is 2.13. The Balaban J connectivity index is 1.41. The molecule has 0 aromatic heterocycles. The van der Waals surface area contributed by atoms with E-state index in [1.807, 2.05) is 31.2 Å². The lowest BCUT2D eigenvalue weighted by molar-refractivity contribution is 0.102. The Bertz CT molecular complexity index is 998. The highest BCUT2D eigenvalue weighted by molar-refractivity contribution is 6.42. The van der Waals surface area contributed by atoms with E-state index in [1.54, 1.807) is 24.3 Å². The van der Waals surface area contributed by atoms with Gasteiger partial charge in [0.25, 0.3) is 5.91 Å². The van der Waals surface area contributed by atoms with Crippen molar-refractivity contribution in [2.24, 2.45) is 0 Å². The molecule has 0 aliphatic heterocycles. The maximum atomic E-state index is 12.5. The fourth-order valence-corrected chi connectivity index (χ4v) is 3.68. The standard InChI is InChI=1S/C24H22Cl3NO3/c1-16-4-8-19(9-5-16)30-12-2-3-13-31-20-10-6-17(7-11-20)24(29)28-23-21(26)14-18(25)15-22(23)27/h4-11,14-15H,2-3,12-13H2,1H3,(H,28,29). The van der Waals surface area contributed by atoms with Gasteiger partial charge in [0.05, 0.1) is 28.9 Å². The number of unbranched alkanes of at least 4 members (excludes halogenated alkanes) is 1. The third-order valence-corrected chi connectivity index (χ3v) is 5.27. The Hall–Kier alpha value is -2.40. The minimum Gasteiger partial charge on any atom is -0.494 e. The molecule has 31 heavy (non-hydrogen) atoms. The summed E-state index contributed by atoms with van der Waals surface area (Å²) in [6, 6.07) is 17.9. The van der Waals surface area contributed by atoms with Gasteiger partial charge in [-0.3, -0.25) is 4.79 Å². The van der Waals surface area contributed by atoms with Crippen LogP contribution in [-0.4, -0.2) is 19.1 Å². The van der Waals surface area contributed by atoms with Gasteiger partial charge in [0, 0.05) is 10.6 Å². The van der Waals surface area contributed by atoms with Crippen molar-refractivity contribution in [2.45, 2.75) is 19.8 Å². The smallest absolute Gasteiger partial charge is 0.255 e. The lowest BCUT2D eigenvalue weighted by Gasteiger charge is -2.11. The number of hydrogen-bond donors (Lipinski definition) is 1. The zero-order chi connectivity index (χ0) is 22.2. The Morgan fingerprint density at radius 2 is 1.29 bits per heavy atom. The SMILES string of the molecule is Cc1ccc(OCCCCOc2ccc(C(=O)Nc3c(Cl)cc(Cl)cc3Cl)cc2)cc1. The number of nitrogens with one attached hydrogen (secondary N) is 1. The lowest BCUT2D eigenvalue weighted by atomic mass is 10.2. The number of halogens is 3. The van der Waals surface area contributed by atoms with Crippen LogP contribution in [0, 0.1) is 6.92 Å². The fraction of sp³-hybridized carbons (Fsp3) is 0.208. The van der Waals surface area contributed by atoms with E-state index in [-0.39, 0.29) is 16.0 Å². The largest absolute Gasteiger partial charge is 0.494 e.